The van der Waals surface area contributed by atoms with Crippen LogP contribution in [0.2, 0.25) is 5.02 Å². The second kappa shape index (κ2) is 2.96. The van der Waals surface area contributed by atoms with Gasteiger partial charge in [0.2, 0.25) is 0 Å². The Hall–Kier alpha value is -0.730. The summed E-state index contributed by atoms with van der Waals surface area (Å²) in [4.78, 5) is 4.90. The summed E-state index contributed by atoms with van der Waals surface area (Å²) in [5, 5.41) is 1.62. The number of rotatable bonds is 0. The summed E-state index contributed by atoms with van der Waals surface area (Å²) >= 11 is 10.2. The number of pyridine rings is 1. The van der Waals surface area contributed by atoms with Crippen LogP contribution in [0.3, 0.4) is 0 Å². The predicted octanol–water partition coefficient (Wildman–Crippen LogP) is 3.18. The minimum absolute atomic E-state index is 0.670. The molecular weight excluding hydrogens is 190 g/mol. The highest BCUT2D eigenvalue weighted by atomic mass is 35.5. The molecule has 3 heteroatoms. The minimum Gasteiger partial charge on any atom is -0.255 e. The van der Waals surface area contributed by atoms with Crippen molar-refractivity contribution in [2.75, 3.05) is 0 Å². The maximum atomic E-state index is 6.01. The van der Waals surface area contributed by atoms with Gasteiger partial charge in [-0.15, -0.1) is 12.6 Å². The van der Waals surface area contributed by atoms with Crippen LogP contribution in [0.4, 0.5) is 0 Å². The van der Waals surface area contributed by atoms with E-state index in [0.717, 1.165) is 15.8 Å². The van der Waals surface area contributed by atoms with Gasteiger partial charge in [-0.3, -0.25) is 4.98 Å². The summed E-state index contributed by atoms with van der Waals surface area (Å²) < 4.78 is 0. The van der Waals surface area contributed by atoms with Gasteiger partial charge in [-0.05, 0) is 6.07 Å². The molecular formula is C9H6ClNS. The number of benzene rings is 1. The van der Waals surface area contributed by atoms with Crippen molar-refractivity contribution in [1.82, 2.24) is 4.98 Å². The van der Waals surface area contributed by atoms with Gasteiger partial charge in [0.05, 0.1) is 10.5 Å². The molecule has 1 heterocycles. The molecule has 0 amide bonds. The molecule has 0 fully saturated rings. The normalized spacial score (nSPS) is 10.5. The summed E-state index contributed by atoms with van der Waals surface area (Å²) in [5.41, 5.74) is 0.903. The Kier molecular flexibility index (Phi) is 1.95. The second-order valence-corrected chi connectivity index (χ2v) is 3.33. The largest absolute Gasteiger partial charge is 0.255 e. The Labute approximate surface area is 80.8 Å². The van der Waals surface area contributed by atoms with E-state index in [0.29, 0.717) is 5.02 Å². The number of aromatic nitrogens is 1. The van der Waals surface area contributed by atoms with Crippen LogP contribution < -0.4 is 0 Å². The first-order valence-electron chi connectivity index (χ1n) is 3.51. The summed E-state index contributed by atoms with van der Waals surface area (Å²) in [6.07, 6.45) is 1.66. The first-order valence-corrected chi connectivity index (χ1v) is 4.34. The molecule has 0 saturated carbocycles. The van der Waals surface area contributed by atoms with Crippen LogP contribution in [0.15, 0.2) is 35.4 Å². The number of para-hydroxylation sites is 1. The number of hydrogen-bond acceptors (Lipinski definition) is 2. The molecule has 1 aromatic heterocycles. The van der Waals surface area contributed by atoms with Crippen molar-refractivity contribution in [2.24, 2.45) is 0 Å². The van der Waals surface area contributed by atoms with E-state index in [4.69, 9.17) is 11.6 Å². The fraction of sp³-hybridized carbons (Fsp3) is 0. The fourth-order valence-corrected chi connectivity index (χ4v) is 1.48. The molecule has 0 bridgehead atoms. The highest BCUT2D eigenvalue weighted by Crippen LogP contribution is 2.27. The molecule has 60 valence electrons. The average Bonchev–Trinajstić information content (AvgIpc) is 2.12. The van der Waals surface area contributed by atoms with E-state index in [1.165, 1.54) is 0 Å². The topological polar surface area (TPSA) is 12.9 Å². The third kappa shape index (κ3) is 1.17. The summed E-state index contributed by atoms with van der Waals surface area (Å²) in [5.74, 6) is 0. The van der Waals surface area contributed by atoms with Crippen molar-refractivity contribution in [2.45, 2.75) is 4.90 Å². The first kappa shape index (κ1) is 7.90. The highest BCUT2D eigenvalue weighted by Gasteiger charge is 2.01. The van der Waals surface area contributed by atoms with Crippen LogP contribution in [0, 0.1) is 0 Å². The number of nitrogens with zero attached hydrogens (tertiary/aromatic N) is 1. The maximum absolute atomic E-state index is 6.01. The lowest BCUT2D eigenvalue weighted by Crippen LogP contribution is -1.80. The molecule has 12 heavy (non-hydrogen) atoms. The van der Waals surface area contributed by atoms with E-state index in [1.807, 2.05) is 24.3 Å². The molecule has 2 aromatic rings. The van der Waals surface area contributed by atoms with Gasteiger partial charge in [-0.25, -0.2) is 0 Å². The van der Waals surface area contributed by atoms with Crippen molar-refractivity contribution in [3.05, 3.63) is 35.5 Å². The predicted molar refractivity (Wildman–Crippen MR) is 54.0 cm³/mol. The van der Waals surface area contributed by atoms with Gasteiger partial charge in [0.15, 0.2) is 0 Å². The molecule has 0 radical (unpaired) electrons. The Balaban J connectivity index is 2.91. The highest BCUT2D eigenvalue weighted by molar-refractivity contribution is 7.80. The molecule has 0 N–H and O–H groups in total. The van der Waals surface area contributed by atoms with E-state index in [9.17, 15) is 0 Å². The van der Waals surface area contributed by atoms with E-state index in [-0.39, 0.29) is 0 Å². The van der Waals surface area contributed by atoms with Crippen molar-refractivity contribution in [3.8, 4) is 0 Å². The average molecular weight is 196 g/mol. The number of thiol groups is 1. The quantitative estimate of drug-likeness (QED) is 0.638. The Morgan fingerprint density at radius 2 is 2.00 bits per heavy atom. The Morgan fingerprint density at radius 3 is 2.83 bits per heavy atom. The molecule has 0 spiro atoms. The van der Waals surface area contributed by atoms with Crippen LogP contribution in [-0.4, -0.2) is 4.98 Å². The summed E-state index contributed by atoms with van der Waals surface area (Å²) in [6.45, 7) is 0. The molecule has 0 aliphatic heterocycles. The van der Waals surface area contributed by atoms with E-state index < -0.39 is 0 Å². The van der Waals surface area contributed by atoms with Crippen molar-refractivity contribution >= 4 is 35.1 Å². The standard InChI is InChI=1S/C9H6ClNS/c10-9-6-3-1-2-4-7(6)11-5-8(9)12/h1-5,12H. The minimum atomic E-state index is 0.670. The van der Waals surface area contributed by atoms with E-state index in [1.54, 1.807) is 6.20 Å². The van der Waals surface area contributed by atoms with Gasteiger partial charge in [0.25, 0.3) is 0 Å². The zero-order chi connectivity index (χ0) is 8.55. The van der Waals surface area contributed by atoms with Crippen LogP contribution in [0.5, 0.6) is 0 Å². The third-order valence-corrected chi connectivity index (χ3v) is 2.57. The molecule has 0 aliphatic carbocycles. The lowest BCUT2D eigenvalue weighted by Gasteiger charge is -2.00. The van der Waals surface area contributed by atoms with Crippen molar-refractivity contribution in [3.63, 3.8) is 0 Å². The van der Waals surface area contributed by atoms with Crippen LogP contribution >= 0.6 is 24.2 Å². The number of halogens is 1. The van der Waals surface area contributed by atoms with Gasteiger partial charge in [0, 0.05) is 16.5 Å². The van der Waals surface area contributed by atoms with Crippen LogP contribution in [0.25, 0.3) is 10.9 Å². The Morgan fingerprint density at radius 1 is 1.25 bits per heavy atom. The maximum Gasteiger partial charge on any atom is 0.0717 e. The summed E-state index contributed by atoms with van der Waals surface area (Å²) in [7, 11) is 0. The monoisotopic (exact) mass is 195 g/mol. The SMILES string of the molecule is Sc1cnc2ccccc2c1Cl. The zero-order valence-electron chi connectivity index (χ0n) is 6.16. The third-order valence-electron chi connectivity index (χ3n) is 1.69. The van der Waals surface area contributed by atoms with Crippen LogP contribution in [-0.2, 0) is 0 Å². The summed E-state index contributed by atoms with van der Waals surface area (Å²) in [6, 6.07) is 7.73. The van der Waals surface area contributed by atoms with E-state index >= 15 is 0 Å². The molecule has 0 aliphatic rings. The van der Waals surface area contributed by atoms with Gasteiger partial charge < -0.3 is 0 Å². The first-order chi connectivity index (χ1) is 5.79. The van der Waals surface area contributed by atoms with Crippen molar-refractivity contribution in [1.29, 1.82) is 0 Å². The van der Waals surface area contributed by atoms with Gasteiger partial charge in [-0.2, -0.15) is 0 Å². The molecule has 0 saturated heterocycles. The molecule has 1 nitrogen and oxygen atoms in total. The van der Waals surface area contributed by atoms with Crippen LogP contribution in [0.1, 0.15) is 0 Å². The fourth-order valence-electron chi connectivity index (χ4n) is 1.10. The number of fused-ring (bicyclic) bond motifs is 1. The second-order valence-electron chi connectivity index (χ2n) is 2.47. The smallest absolute Gasteiger partial charge is 0.0717 e. The van der Waals surface area contributed by atoms with Gasteiger partial charge in [0.1, 0.15) is 0 Å². The number of hydrogen-bond donors (Lipinski definition) is 1. The zero-order valence-corrected chi connectivity index (χ0v) is 7.81. The van der Waals surface area contributed by atoms with E-state index in [2.05, 4.69) is 17.6 Å². The van der Waals surface area contributed by atoms with Gasteiger partial charge >= 0.3 is 0 Å². The van der Waals surface area contributed by atoms with Crippen molar-refractivity contribution < 1.29 is 0 Å². The lowest BCUT2D eigenvalue weighted by molar-refractivity contribution is 1.31. The molecule has 0 atom stereocenters. The molecule has 1 aromatic carbocycles. The molecule has 2 rings (SSSR count). The van der Waals surface area contributed by atoms with Gasteiger partial charge in [-0.1, -0.05) is 29.8 Å². The lowest BCUT2D eigenvalue weighted by atomic mass is 10.2. The Bertz CT molecular complexity index is 428. The molecule has 0 unspecified atom stereocenters.